The molecule has 90 valence electrons. The van der Waals surface area contributed by atoms with E-state index in [9.17, 15) is 4.39 Å². The lowest BCUT2D eigenvalue weighted by molar-refractivity contribution is 0.458. The second kappa shape index (κ2) is 4.72. The minimum absolute atomic E-state index is 0.120. The number of hydrogen-bond acceptors (Lipinski definition) is 4. The fourth-order valence-corrected chi connectivity index (χ4v) is 1.45. The minimum atomic E-state index is -0.467. The van der Waals surface area contributed by atoms with Crippen LogP contribution in [0.5, 0.6) is 11.6 Å². The Kier molecular flexibility index (Phi) is 3.11. The Labute approximate surface area is 103 Å². The van der Waals surface area contributed by atoms with Crippen LogP contribution in [0.3, 0.4) is 0 Å². The maximum Gasteiger partial charge on any atom is 0.237 e. The number of halogens is 1. The summed E-state index contributed by atoms with van der Waals surface area (Å²) in [5, 5.41) is 9.03. The molecular formula is C13H10FN3O. The molecule has 0 atom stereocenters. The van der Waals surface area contributed by atoms with Gasteiger partial charge in [-0.1, -0.05) is 0 Å². The standard InChI is InChI=1S/C13H10FN3O/c1-8-4-5-17-13(10(8)7-15)18-12-6-9(14)2-3-11(12)16/h2-6H,16H2,1H3. The quantitative estimate of drug-likeness (QED) is 0.823. The van der Waals surface area contributed by atoms with Gasteiger partial charge in [0.1, 0.15) is 17.4 Å². The highest BCUT2D eigenvalue weighted by Gasteiger charge is 2.11. The molecule has 0 fully saturated rings. The van der Waals surface area contributed by atoms with E-state index >= 15 is 0 Å². The number of aromatic nitrogens is 1. The molecule has 0 amide bonds. The van der Waals surface area contributed by atoms with E-state index < -0.39 is 5.82 Å². The number of benzene rings is 1. The van der Waals surface area contributed by atoms with Gasteiger partial charge in [0, 0.05) is 12.3 Å². The summed E-state index contributed by atoms with van der Waals surface area (Å²) in [6.45, 7) is 1.77. The SMILES string of the molecule is Cc1ccnc(Oc2cc(F)ccc2N)c1C#N. The molecule has 2 N–H and O–H groups in total. The predicted molar refractivity (Wildman–Crippen MR) is 64.6 cm³/mol. The van der Waals surface area contributed by atoms with Gasteiger partial charge in [-0.3, -0.25) is 0 Å². The highest BCUT2D eigenvalue weighted by molar-refractivity contribution is 5.55. The third kappa shape index (κ3) is 2.23. The molecule has 4 nitrogen and oxygen atoms in total. The normalized spacial score (nSPS) is 9.83. The molecule has 5 heteroatoms. The summed E-state index contributed by atoms with van der Waals surface area (Å²) in [5.41, 5.74) is 6.99. The van der Waals surface area contributed by atoms with Crippen LogP contribution in [0, 0.1) is 24.1 Å². The van der Waals surface area contributed by atoms with Crippen molar-refractivity contribution in [2.24, 2.45) is 0 Å². The lowest BCUT2D eigenvalue weighted by Crippen LogP contribution is -1.97. The first-order valence-electron chi connectivity index (χ1n) is 5.20. The van der Waals surface area contributed by atoms with Crippen LogP contribution in [-0.2, 0) is 0 Å². The summed E-state index contributed by atoms with van der Waals surface area (Å²) in [4.78, 5) is 3.95. The average molecular weight is 243 g/mol. The molecular weight excluding hydrogens is 233 g/mol. The van der Waals surface area contributed by atoms with Gasteiger partial charge < -0.3 is 10.5 Å². The van der Waals surface area contributed by atoms with Crippen molar-refractivity contribution in [1.29, 1.82) is 5.26 Å². The van der Waals surface area contributed by atoms with Crippen molar-refractivity contribution in [2.75, 3.05) is 5.73 Å². The molecule has 2 rings (SSSR count). The van der Waals surface area contributed by atoms with Crippen molar-refractivity contribution in [2.45, 2.75) is 6.92 Å². The smallest absolute Gasteiger partial charge is 0.237 e. The van der Waals surface area contributed by atoms with Gasteiger partial charge in [-0.15, -0.1) is 0 Å². The molecule has 1 heterocycles. The van der Waals surface area contributed by atoms with E-state index in [0.29, 0.717) is 5.56 Å². The van der Waals surface area contributed by atoms with Gasteiger partial charge in [0.25, 0.3) is 0 Å². The number of nitrogen functional groups attached to an aromatic ring is 1. The molecule has 0 aliphatic heterocycles. The first-order chi connectivity index (χ1) is 8.61. The molecule has 0 saturated heterocycles. The van der Waals surface area contributed by atoms with E-state index in [1.165, 1.54) is 18.3 Å². The van der Waals surface area contributed by atoms with Crippen LogP contribution < -0.4 is 10.5 Å². The molecule has 0 bridgehead atoms. The summed E-state index contributed by atoms with van der Waals surface area (Å²) in [5.74, 6) is -0.204. The summed E-state index contributed by atoms with van der Waals surface area (Å²) >= 11 is 0. The number of nitrogens with zero attached hydrogens (tertiary/aromatic N) is 2. The molecule has 0 aliphatic rings. The molecule has 1 aromatic heterocycles. The van der Waals surface area contributed by atoms with Gasteiger partial charge in [0.05, 0.1) is 5.69 Å². The van der Waals surface area contributed by atoms with Gasteiger partial charge in [-0.2, -0.15) is 5.26 Å². The van der Waals surface area contributed by atoms with Crippen LogP contribution in [0.4, 0.5) is 10.1 Å². The summed E-state index contributed by atoms with van der Waals surface area (Å²) in [6, 6.07) is 7.47. The van der Waals surface area contributed by atoms with Gasteiger partial charge in [0.15, 0.2) is 5.75 Å². The zero-order valence-electron chi connectivity index (χ0n) is 9.64. The van der Waals surface area contributed by atoms with E-state index in [4.69, 9.17) is 15.7 Å². The van der Waals surface area contributed by atoms with Crippen LogP contribution in [0.1, 0.15) is 11.1 Å². The fourth-order valence-electron chi connectivity index (χ4n) is 1.45. The topological polar surface area (TPSA) is 71.9 Å². The van der Waals surface area contributed by atoms with Crippen LogP contribution in [-0.4, -0.2) is 4.98 Å². The molecule has 1 aromatic carbocycles. The van der Waals surface area contributed by atoms with Crippen molar-refractivity contribution in [1.82, 2.24) is 4.98 Å². The van der Waals surface area contributed by atoms with Crippen LogP contribution in [0.15, 0.2) is 30.5 Å². The maximum absolute atomic E-state index is 13.1. The highest BCUT2D eigenvalue weighted by Crippen LogP contribution is 2.29. The van der Waals surface area contributed by atoms with Crippen molar-refractivity contribution in [3.63, 3.8) is 0 Å². The lowest BCUT2D eigenvalue weighted by Gasteiger charge is -2.09. The van der Waals surface area contributed by atoms with Gasteiger partial charge in [-0.05, 0) is 30.7 Å². The van der Waals surface area contributed by atoms with E-state index in [0.717, 1.165) is 11.6 Å². The Bertz CT molecular complexity index is 635. The Morgan fingerprint density at radius 3 is 2.89 bits per heavy atom. The molecule has 0 aliphatic carbocycles. The summed E-state index contributed by atoms with van der Waals surface area (Å²) in [6.07, 6.45) is 1.51. The molecule has 0 spiro atoms. The maximum atomic E-state index is 13.1. The van der Waals surface area contributed by atoms with E-state index in [2.05, 4.69) is 4.98 Å². The van der Waals surface area contributed by atoms with Gasteiger partial charge in [0.2, 0.25) is 5.88 Å². The first-order valence-corrected chi connectivity index (χ1v) is 5.20. The third-order valence-corrected chi connectivity index (χ3v) is 2.42. The minimum Gasteiger partial charge on any atom is -0.435 e. The number of anilines is 1. The van der Waals surface area contributed by atoms with Crippen LogP contribution >= 0.6 is 0 Å². The fraction of sp³-hybridized carbons (Fsp3) is 0.0769. The number of pyridine rings is 1. The van der Waals surface area contributed by atoms with Crippen molar-refractivity contribution >= 4 is 5.69 Å². The lowest BCUT2D eigenvalue weighted by atomic mass is 10.2. The zero-order valence-corrected chi connectivity index (χ0v) is 9.64. The number of nitriles is 1. The number of aryl methyl sites for hydroxylation is 1. The Morgan fingerprint density at radius 2 is 2.17 bits per heavy atom. The third-order valence-electron chi connectivity index (χ3n) is 2.42. The number of rotatable bonds is 2. The number of ether oxygens (including phenoxy) is 1. The molecule has 2 aromatic rings. The molecule has 0 unspecified atom stereocenters. The van der Waals surface area contributed by atoms with E-state index in [1.807, 2.05) is 6.07 Å². The summed E-state index contributed by atoms with van der Waals surface area (Å²) < 4.78 is 18.5. The second-order valence-electron chi connectivity index (χ2n) is 3.70. The molecule has 0 radical (unpaired) electrons. The van der Waals surface area contributed by atoms with E-state index in [1.54, 1.807) is 13.0 Å². The summed E-state index contributed by atoms with van der Waals surface area (Å²) in [7, 11) is 0. The second-order valence-corrected chi connectivity index (χ2v) is 3.70. The van der Waals surface area contributed by atoms with Gasteiger partial charge in [-0.25, -0.2) is 9.37 Å². The van der Waals surface area contributed by atoms with Crippen LogP contribution in [0.2, 0.25) is 0 Å². The molecule has 18 heavy (non-hydrogen) atoms. The highest BCUT2D eigenvalue weighted by atomic mass is 19.1. The zero-order chi connectivity index (χ0) is 13.1. The van der Waals surface area contributed by atoms with Crippen molar-refractivity contribution in [3.05, 3.63) is 47.4 Å². The van der Waals surface area contributed by atoms with E-state index in [-0.39, 0.29) is 17.3 Å². The monoisotopic (exact) mass is 243 g/mol. The number of nitrogens with two attached hydrogens (primary N) is 1. The van der Waals surface area contributed by atoms with Crippen molar-refractivity contribution in [3.8, 4) is 17.7 Å². The first kappa shape index (κ1) is 11.9. The Morgan fingerprint density at radius 1 is 1.39 bits per heavy atom. The number of hydrogen-bond donors (Lipinski definition) is 1. The molecule has 0 saturated carbocycles. The predicted octanol–water partition coefficient (Wildman–Crippen LogP) is 2.78. The Hall–Kier alpha value is -2.61. The Balaban J connectivity index is 2.44. The largest absolute Gasteiger partial charge is 0.435 e. The van der Waals surface area contributed by atoms with Gasteiger partial charge >= 0.3 is 0 Å². The van der Waals surface area contributed by atoms with Crippen LogP contribution in [0.25, 0.3) is 0 Å². The van der Waals surface area contributed by atoms with Crippen molar-refractivity contribution < 1.29 is 9.13 Å². The average Bonchev–Trinajstić information content (AvgIpc) is 2.34.